The Kier molecular flexibility index (Phi) is 6.34. The van der Waals surface area contributed by atoms with Crippen molar-refractivity contribution in [2.45, 2.75) is 31.7 Å². The van der Waals surface area contributed by atoms with E-state index < -0.39 is 30.3 Å². The molecule has 0 fully saturated rings. The Labute approximate surface area is 175 Å². The fourth-order valence-electron chi connectivity index (χ4n) is 3.17. The molecule has 162 valence electrons. The van der Waals surface area contributed by atoms with Gasteiger partial charge in [0.2, 0.25) is 5.95 Å². The van der Waals surface area contributed by atoms with Crippen LogP contribution in [0.1, 0.15) is 34.3 Å². The van der Waals surface area contributed by atoms with Crippen molar-refractivity contribution in [1.29, 1.82) is 0 Å². The standard InChI is InChI=1S/C20H21N5O6/c21-20-24-16-15(18(29)25-20)12(9-22-16)6-3-10-1-4-11(5-2-10)17(28)23-13(19(30)31)7-8-14(26)27/h1-2,4-5,9,13H,3,6-8H2,(H,23,28)(H,26,27)(H,30,31)(H4,21,22,24,25,29)/p-2. The van der Waals surface area contributed by atoms with Crippen molar-refractivity contribution >= 4 is 34.8 Å². The molecule has 1 aromatic carbocycles. The van der Waals surface area contributed by atoms with Gasteiger partial charge in [-0.2, -0.15) is 4.98 Å². The summed E-state index contributed by atoms with van der Waals surface area (Å²) >= 11 is 0. The number of amides is 1. The van der Waals surface area contributed by atoms with Gasteiger partial charge in [0, 0.05) is 17.7 Å². The molecule has 1 atom stereocenters. The number of carbonyl (C=O) groups excluding carboxylic acids is 3. The molecular weight excluding hydrogens is 406 g/mol. The van der Waals surface area contributed by atoms with Gasteiger partial charge in [0.05, 0.1) is 17.4 Å². The molecule has 0 radical (unpaired) electrons. The van der Waals surface area contributed by atoms with E-state index in [2.05, 4.69) is 20.3 Å². The molecule has 3 aromatic rings. The van der Waals surface area contributed by atoms with E-state index in [1.165, 1.54) is 12.1 Å². The number of benzene rings is 1. The normalized spacial score (nSPS) is 11.9. The number of nitrogen functional groups attached to an aromatic ring is 1. The number of hydrogen-bond acceptors (Lipinski definition) is 8. The van der Waals surface area contributed by atoms with E-state index in [0.29, 0.717) is 23.9 Å². The molecule has 0 aliphatic carbocycles. The number of nitrogens with two attached hydrogens (primary N) is 1. The van der Waals surface area contributed by atoms with Gasteiger partial charge in [-0.15, -0.1) is 0 Å². The minimum atomic E-state index is -1.57. The van der Waals surface area contributed by atoms with Crippen molar-refractivity contribution in [2.75, 3.05) is 5.73 Å². The lowest BCUT2D eigenvalue weighted by Crippen LogP contribution is -2.48. The summed E-state index contributed by atoms with van der Waals surface area (Å²) in [7, 11) is 0. The van der Waals surface area contributed by atoms with Crippen LogP contribution >= 0.6 is 0 Å². The van der Waals surface area contributed by atoms with Crippen molar-refractivity contribution in [3.05, 3.63) is 57.5 Å². The second-order valence-corrected chi connectivity index (χ2v) is 6.94. The quantitative estimate of drug-likeness (QED) is 0.302. The predicted octanol–water partition coefficient (Wildman–Crippen LogP) is -2.00. The van der Waals surface area contributed by atoms with Gasteiger partial charge < -0.3 is 35.8 Å². The van der Waals surface area contributed by atoms with E-state index >= 15 is 0 Å². The molecule has 3 rings (SSSR count). The number of fused-ring (bicyclic) bond motifs is 1. The summed E-state index contributed by atoms with van der Waals surface area (Å²) in [5.41, 5.74) is 7.49. The van der Waals surface area contributed by atoms with E-state index in [-0.39, 0.29) is 23.5 Å². The van der Waals surface area contributed by atoms with Crippen LogP contribution in [0.3, 0.4) is 0 Å². The van der Waals surface area contributed by atoms with Gasteiger partial charge in [-0.3, -0.25) is 14.6 Å². The fourth-order valence-corrected chi connectivity index (χ4v) is 3.17. The summed E-state index contributed by atoms with van der Waals surface area (Å²) in [6, 6.07) is 5.03. The predicted molar refractivity (Wildman–Crippen MR) is 105 cm³/mol. The van der Waals surface area contributed by atoms with Gasteiger partial charge in [0.15, 0.2) is 0 Å². The van der Waals surface area contributed by atoms with E-state index in [0.717, 1.165) is 11.1 Å². The second kappa shape index (κ2) is 9.11. The molecule has 1 amide bonds. The van der Waals surface area contributed by atoms with Crippen LogP contribution in [0, 0.1) is 0 Å². The van der Waals surface area contributed by atoms with Crippen molar-refractivity contribution < 1.29 is 24.6 Å². The third kappa shape index (κ3) is 5.26. The third-order valence-electron chi connectivity index (χ3n) is 4.77. The number of carboxylic acid groups (broad SMARTS) is 2. The first-order chi connectivity index (χ1) is 14.7. The van der Waals surface area contributed by atoms with Crippen molar-refractivity contribution in [3.63, 3.8) is 0 Å². The van der Waals surface area contributed by atoms with E-state index in [1.54, 1.807) is 18.3 Å². The van der Waals surface area contributed by atoms with E-state index in [9.17, 15) is 29.4 Å². The van der Waals surface area contributed by atoms with Gasteiger partial charge in [-0.05, 0) is 48.9 Å². The van der Waals surface area contributed by atoms with Crippen LogP contribution < -0.4 is 26.8 Å². The summed E-state index contributed by atoms with van der Waals surface area (Å²) < 4.78 is 0. The molecule has 5 N–H and O–H groups in total. The zero-order valence-electron chi connectivity index (χ0n) is 16.3. The number of H-pyrrole nitrogens is 2. The molecule has 0 aliphatic rings. The number of carboxylic acids is 2. The lowest BCUT2D eigenvalue weighted by atomic mass is 10.0. The van der Waals surface area contributed by atoms with Crippen LogP contribution in [-0.4, -0.2) is 38.8 Å². The number of nitrogens with zero attached hydrogens (tertiary/aromatic N) is 1. The number of rotatable bonds is 9. The average molecular weight is 425 g/mol. The highest BCUT2D eigenvalue weighted by molar-refractivity contribution is 5.96. The van der Waals surface area contributed by atoms with E-state index in [1.807, 2.05) is 0 Å². The van der Waals surface area contributed by atoms with Gasteiger partial charge in [0.25, 0.3) is 11.5 Å². The number of aryl methyl sites for hydroxylation is 2. The number of aromatic amines is 2. The summed E-state index contributed by atoms with van der Waals surface area (Å²) in [4.78, 5) is 55.4. The van der Waals surface area contributed by atoms with Gasteiger partial charge in [-0.25, -0.2) is 0 Å². The summed E-state index contributed by atoms with van der Waals surface area (Å²) in [5, 5.41) is 24.3. The maximum absolute atomic E-state index is 12.2. The van der Waals surface area contributed by atoms with Gasteiger partial charge >= 0.3 is 0 Å². The Morgan fingerprint density at radius 1 is 1.13 bits per heavy atom. The Morgan fingerprint density at radius 2 is 1.84 bits per heavy atom. The zero-order chi connectivity index (χ0) is 22.5. The maximum atomic E-state index is 12.2. The molecule has 0 saturated heterocycles. The molecule has 0 spiro atoms. The highest BCUT2D eigenvalue weighted by Crippen LogP contribution is 2.16. The first-order valence-corrected chi connectivity index (χ1v) is 9.41. The fraction of sp³-hybridized carbons (Fsp3) is 0.250. The van der Waals surface area contributed by atoms with Crippen LogP contribution in [0.4, 0.5) is 5.95 Å². The number of aromatic nitrogens is 3. The molecular formula is C20H19N5O6-2. The van der Waals surface area contributed by atoms with Gasteiger partial charge in [-0.1, -0.05) is 12.1 Å². The molecule has 0 aliphatic heterocycles. The molecule has 1 unspecified atom stereocenters. The number of carbonyl (C=O) groups is 3. The summed E-state index contributed by atoms with van der Waals surface area (Å²) in [6.07, 6.45) is 1.96. The molecule has 0 bridgehead atoms. The van der Waals surface area contributed by atoms with Crippen molar-refractivity contribution in [2.24, 2.45) is 0 Å². The smallest absolute Gasteiger partial charge is 0.262 e. The zero-order valence-corrected chi connectivity index (χ0v) is 16.3. The summed E-state index contributed by atoms with van der Waals surface area (Å²) in [6.45, 7) is 0. The highest BCUT2D eigenvalue weighted by atomic mass is 16.4. The number of aliphatic carboxylic acids is 2. The van der Waals surface area contributed by atoms with Crippen molar-refractivity contribution in [3.8, 4) is 0 Å². The Hall–Kier alpha value is -4.15. The SMILES string of the molecule is Nc1nc2[nH]cc(CCc3ccc(C(=O)NC(CCC(=O)[O-])C(=O)[O-])cc3)c2c(=O)[nH]1. The van der Waals surface area contributed by atoms with Gasteiger partial charge in [0.1, 0.15) is 5.65 Å². The Bertz CT molecular complexity index is 1180. The molecule has 2 aromatic heterocycles. The molecule has 2 heterocycles. The maximum Gasteiger partial charge on any atom is 0.262 e. The minimum absolute atomic E-state index is 0.0281. The molecule has 11 nitrogen and oxygen atoms in total. The van der Waals surface area contributed by atoms with Crippen LogP contribution in [0.2, 0.25) is 0 Å². The topological polar surface area (TPSA) is 197 Å². The first-order valence-electron chi connectivity index (χ1n) is 9.41. The van der Waals surface area contributed by atoms with Crippen LogP contribution in [-0.2, 0) is 22.4 Å². The average Bonchev–Trinajstić information content (AvgIpc) is 3.12. The van der Waals surface area contributed by atoms with Crippen LogP contribution in [0.15, 0.2) is 35.3 Å². The summed E-state index contributed by atoms with van der Waals surface area (Å²) in [5.74, 6) is -3.62. The Morgan fingerprint density at radius 3 is 2.48 bits per heavy atom. The third-order valence-corrected chi connectivity index (χ3v) is 4.77. The number of nitrogens with one attached hydrogen (secondary N) is 3. The molecule has 31 heavy (non-hydrogen) atoms. The van der Waals surface area contributed by atoms with Crippen molar-refractivity contribution in [1.82, 2.24) is 20.3 Å². The lowest BCUT2D eigenvalue weighted by Gasteiger charge is -2.20. The van der Waals surface area contributed by atoms with Crippen LogP contribution in [0.5, 0.6) is 0 Å². The van der Waals surface area contributed by atoms with E-state index in [4.69, 9.17) is 5.73 Å². The lowest BCUT2D eigenvalue weighted by molar-refractivity contribution is -0.309. The first kappa shape index (κ1) is 21.6. The second-order valence-electron chi connectivity index (χ2n) is 6.94. The Balaban J connectivity index is 1.64. The molecule has 0 saturated carbocycles. The van der Waals surface area contributed by atoms with Crippen LogP contribution in [0.25, 0.3) is 11.0 Å². The number of hydrogen-bond donors (Lipinski definition) is 4. The monoisotopic (exact) mass is 425 g/mol. The largest absolute Gasteiger partial charge is 0.550 e. The number of anilines is 1. The highest BCUT2D eigenvalue weighted by Gasteiger charge is 2.15. The molecule has 11 heteroatoms. The minimum Gasteiger partial charge on any atom is -0.550 e.